The molecule has 0 aliphatic heterocycles. The summed E-state index contributed by atoms with van der Waals surface area (Å²) in [5.41, 5.74) is 22.2. The van der Waals surface area contributed by atoms with E-state index in [1.165, 1.54) is 26.4 Å². The molecule has 96 heavy (non-hydrogen) atoms. The van der Waals surface area contributed by atoms with Crippen LogP contribution in [0.2, 0.25) is 0 Å². The molecule has 0 aromatic carbocycles. The quantitative estimate of drug-likeness (QED) is 0.0164. The Morgan fingerprint density at radius 1 is 0.531 bits per heavy atom. The highest BCUT2D eigenvalue weighted by atomic mass is 16.4. The lowest BCUT2D eigenvalue weighted by molar-refractivity contribution is -0.139. The second-order valence-corrected chi connectivity index (χ2v) is 23.4. The van der Waals surface area contributed by atoms with E-state index < -0.39 is 225 Å². The topological polar surface area (TPSA) is 647 Å². The third-order valence-electron chi connectivity index (χ3n) is 14.7. The number of carbonyl (C=O) groups excluding carboxylic acids is 13. The van der Waals surface area contributed by atoms with Gasteiger partial charge in [-0.2, -0.15) is 0 Å². The third kappa shape index (κ3) is 31.1. The minimum absolute atomic E-state index is 0.135. The summed E-state index contributed by atoms with van der Waals surface area (Å²) in [6.07, 6.45) is -2.72. The molecule has 0 fully saturated rings. The van der Waals surface area contributed by atoms with Crippen LogP contribution in [0.3, 0.4) is 0 Å². The molecule has 0 aliphatic rings. The molecule has 39 nitrogen and oxygen atoms in total. The van der Waals surface area contributed by atoms with Crippen molar-refractivity contribution >= 4 is 94.7 Å². The van der Waals surface area contributed by atoms with Gasteiger partial charge in [0, 0.05) is 31.3 Å². The van der Waals surface area contributed by atoms with E-state index in [2.05, 4.69) is 78.8 Å². The number of nitrogens with one attached hydrogen (secondary N) is 13. The van der Waals surface area contributed by atoms with Crippen LogP contribution in [0.5, 0.6) is 0 Å². The lowest BCUT2D eigenvalue weighted by Crippen LogP contribution is -2.62. The highest BCUT2D eigenvalue weighted by Gasteiger charge is 2.38. The van der Waals surface area contributed by atoms with Crippen molar-refractivity contribution in [3.63, 3.8) is 0 Å². The second kappa shape index (κ2) is 42.6. The molecule has 26 N–H and O–H groups in total. The van der Waals surface area contributed by atoms with Gasteiger partial charge >= 0.3 is 11.9 Å². The Labute approximate surface area is 553 Å². The Balaban J connectivity index is 3.39. The molecule has 39 heteroatoms. The van der Waals surface area contributed by atoms with E-state index in [0.29, 0.717) is 12.8 Å². The molecule has 0 aliphatic carbocycles. The first-order chi connectivity index (χ1) is 44.9. The number of hydrogen-bond acceptors (Lipinski definition) is 21. The predicted molar refractivity (Wildman–Crippen MR) is 338 cm³/mol. The Hall–Kier alpha value is -9.63. The highest BCUT2D eigenvalue weighted by molar-refractivity contribution is 6.00. The van der Waals surface area contributed by atoms with Gasteiger partial charge in [-0.15, -0.1) is 0 Å². The fourth-order valence-corrected chi connectivity index (χ4v) is 8.82. The number of aromatic amines is 1. The minimum atomic E-state index is -2.02. The van der Waals surface area contributed by atoms with Gasteiger partial charge in [-0.1, -0.05) is 54.4 Å². The van der Waals surface area contributed by atoms with Crippen molar-refractivity contribution in [1.82, 2.24) is 73.8 Å². The lowest BCUT2D eigenvalue weighted by atomic mass is 9.96. The summed E-state index contributed by atoms with van der Waals surface area (Å²) in [7, 11) is 0. The van der Waals surface area contributed by atoms with Crippen LogP contribution >= 0.6 is 0 Å². The summed E-state index contributed by atoms with van der Waals surface area (Å²) < 4.78 is 0. The van der Waals surface area contributed by atoms with E-state index in [-0.39, 0.29) is 43.4 Å². The van der Waals surface area contributed by atoms with E-state index in [9.17, 15) is 92.3 Å². The maximum Gasteiger partial charge on any atom is 0.322 e. The van der Waals surface area contributed by atoms with Gasteiger partial charge < -0.3 is 117 Å². The molecular weight excluding hydrogens is 1270 g/mol. The third-order valence-corrected chi connectivity index (χ3v) is 14.7. The number of aliphatic carboxylic acids is 2. The largest absolute Gasteiger partial charge is 0.481 e. The maximum absolute atomic E-state index is 14.1. The van der Waals surface area contributed by atoms with Crippen molar-refractivity contribution in [2.75, 3.05) is 26.2 Å². The Morgan fingerprint density at radius 2 is 1.01 bits per heavy atom. The van der Waals surface area contributed by atoms with Crippen LogP contribution in [0.25, 0.3) is 0 Å². The van der Waals surface area contributed by atoms with Crippen LogP contribution in [0.1, 0.15) is 119 Å². The van der Waals surface area contributed by atoms with Crippen molar-refractivity contribution < 1.29 is 97.5 Å². The van der Waals surface area contributed by atoms with Crippen molar-refractivity contribution in [3.05, 3.63) is 18.2 Å². The van der Waals surface area contributed by atoms with Gasteiger partial charge in [-0.05, 0) is 64.2 Å². The summed E-state index contributed by atoms with van der Waals surface area (Å²) in [6, 6.07) is -17.6. The zero-order valence-corrected chi connectivity index (χ0v) is 55.1. The molecule has 0 bridgehead atoms. The van der Waals surface area contributed by atoms with Gasteiger partial charge in [0.25, 0.3) is 0 Å². The Bertz CT molecular complexity index is 2860. The molecule has 1 rings (SSSR count). The number of aromatic nitrogens is 2. The molecule has 540 valence electrons. The maximum atomic E-state index is 14.1. The van der Waals surface area contributed by atoms with Crippen LogP contribution < -0.4 is 86.7 Å². The molecular formula is C57H97N19O20. The van der Waals surface area contributed by atoms with E-state index >= 15 is 0 Å². The van der Waals surface area contributed by atoms with Crippen LogP contribution in [0.15, 0.2) is 17.5 Å². The standard InChI is InChI=1S/C57H97N19O20/c1-10-26(5)42(53(93)65-22-41(84)85)74-56(96)45(30(9)79)76-54(94)43(27(6)11-2)73-39(81)21-64-48(88)35(18-31-20-62-24-66-31)69-49(89)33(14-15-40(82)83)68-51(91)36(19-38(59)80)70-52(92)37(23-77)72-50(90)34(17-25(3)4)71-55(95)44(29(8)78)75-46(86)28(7)67-47(87)32(58)13-12-16-63-57(60)61/h20,24-30,32-37,42-45,77-79H,10-19,21-23,58H2,1-9H3,(H2,59,80)(H,62,66)(H,64,88)(H,65,93)(H,67,87)(H,68,91)(H,69,89)(H,70,92)(H,71,95)(H,72,90)(H,73,81)(H,74,96)(H,75,86)(H,76,94)(H,82,83)(H,84,85)(H4,60,61,63)/t26-,27-,28-,29+,30+,32-,33-,34-,35-,36-,37-,42-,43-,44-,45-/m0/s1. The smallest absolute Gasteiger partial charge is 0.322 e. The summed E-state index contributed by atoms with van der Waals surface area (Å²) >= 11 is 0. The number of H-pyrrole nitrogens is 1. The number of primary amides is 1. The fourth-order valence-electron chi connectivity index (χ4n) is 8.82. The summed E-state index contributed by atoms with van der Waals surface area (Å²) in [4.78, 5) is 209. The van der Waals surface area contributed by atoms with Gasteiger partial charge in [-0.25, -0.2) is 4.98 Å². The van der Waals surface area contributed by atoms with Crippen molar-refractivity contribution in [2.45, 2.75) is 199 Å². The van der Waals surface area contributed by atoms with Gasteiger partial charge in [0.2, 0.25) is 76.8 Å². The number of carboxylic acid groups (broad SMARTS) is 2. The number of rotatable bonds is 45. The molecule has 0 radical (unpaired) electrons. The average Bonchev–Trinajstić information content (AvgIpc) is 1.08. The SMILES string of the molecule is CC[C@H](C)[C@H](NC(=O)CNC(=O)[C@H](Cc1cnc[nH]1)NC(=O)[C@H](CCC(=O)O)NC(=O)[C@H](CC(N)=O)NC(=O)[C@H](CO)NC(=O)[C@H](CC(C)C)NC(=O)[C@@H](NC(=O)[C@H](C)NC(=O)[C@@H](N)CCCN=C(N)N)[C@@H](C)O)C(=O)N[C@H](C(=O)N[C@H](C(=O)NCC(=O)O)[C@@H](C)CC)[C@@H](C)O. The van der Waals surface area contributed by atoms with Crippen LogP contribution in [-0.2, 0) is 78.3 Å². The first kappa shape index (κ1) is 84.4. The Kier molecular flexibility index (Phi) is 37.5. The van der Waals surface area contributed by atoms with E-state index in [1.54, 1.807) is 41.5 Å². The van der Waals surface area contributed by atoms with Crippen LogP contribution in [0, 0.1) is 17.8 Å². The predicted octanol–water partition coefficient (Wildman–Crippen LogP) is -8.85. The zero-order valence-electron chi connectivity index (χ0n) is 55.1. The van der Waals surface area contributed by atoms with Gasteiger partial charge in [0.15, 0.2) is 5.96 Å². The lowest BCUT2D eigenvalue weighted by Gasteiger charge is -2.30. The van der Waals surface area contributed by atoms with Crippen molar-refractivity contribution in [2.24, 2.45) is 45.7 Å². The van der Waals surface area contributed by atoms with Crippen molar-refractivity contribution in [3.8, 4) is 0 Å². The van der Waals surface area contributed by atoms with E-state index in [4.69, 9.17) is 28.0 Å². The molecule has 0 saturated carbocycles. The number of carboxylic acids is 2. The highest BCUT2D eigenvalue weighted by Crippen LogP contribution is 2.13. The zero-order chi connectivity index (χ0) is 73.3. The molecule has 0 saturated heterocycles. The number of nitrogens with zero attached hydrogens (tertiary/aromatic N) is 2. The van der Waals surface area contributed by atoms with Crippen LogP contribution in [0.4, 0.5) is 0 Å². The normalized spacial score (nSPS) is 15.8. The first-order valence-corrected chi connectivity index (χ1v) is 30.9. The fraction of sp³-hybridized carbons (Fsp3) is 0.667. The van der Waals surface area contributed by atoms with Gasteiger partial charge in [0.05, 0.1) is 44.1 Å². The number of aliphatic hydroxyl groups excluding tert-OH is 3. The van der Waals surface area contributed by atoms with Crippen molar-refractivity contribution in [1.29, 1.82) is 0 Å². The monoisotopic (exact) mass is 1370 g/mol. The molecule has 1 heterocycles. The first-order valence-electron chi connectivity index (χ1n) is 30.9. The molecule has 0 spiro atoms. The number of aliphatic imine (C=N–C) groups is 1. The summed E-state index contributed by atoms with van der Waals surface area (Å²) in [5, 5.41) is 78.0. The Morgan fingerprint density at radius 3 is 1.52 bits per heavy atom. The number of hydrogen-bond donors (Lipinski definition) is 22. The number of nitrogens with two attached hydrogens (primary N) is 4. The second-order valence-electron chi connectivity index (χ2n) is 23.4. The molecule has 13 amide bonds. The van der Waals surface area contributed by atoms with E-state index in [0.717, 1.165) is 6.92 Å². The number of aliphatic hydroxyl groups is 3. The number of guanidine groups is 1. The number of amides is 13. The minimum Gasteiger partial charge on any atom is -0.481 e. The molecule has 15 atom stereocenters. The number of carbonyl (C=O) groups is 15. The summed E-state index contributed by atoms with van der Waals surface area (Å²) in [5.74, 6) is -18.5. The van der Waals surface area contributed by atoms with Gasteiger partial charge in [0.1, 0.15) is 67.0 Å². The summed E-state index contributed by atoms with van der Waals surface area (Å²) in [6.45, 7) is 10.8. The average molecular weight is 1370 g/mol. The number of imidazole rings is 1. The van der Waals surface area contributed by atoms with E-state index in [1.807, 2.05) is 0 Å². The molecule has 0 unspecified atom stereocenters. The van der Waals surface area contributed by atoms with Crippen LogP contribution in [-0.4, -0.2) is 235 Å². The molecule has 1 aromatic heterocycles. The molecule has 1 aromatic rings. The van der Waals surface area contributed by atoms with Gasteiger partial charge in [-0.3, -0.25) is 76.9 Å².